The van der Waals surface area contributed by atoms with E-state index in [-0.39, 0.29) is 11.8 Å². The average Bonchev–Trinajstić information content (AvgIpc) is 2.85. The second-order valence-corrected chi connectivity index (χ2v) is 5.78. The highest BCUT2D eigenvalue weighted by Gasteiger charge is 2.22. The lowest BCUT2D eigenvalue weighted by Crippen LogP contribution is -2.13. The normalized spacial score (nSPS) is 17.8. The molecule has 0 aromatic heterocycles. The lowest BCUT2D eigenvalue weighted by atomic mass is 9.92. The number of amides is 1. The molecule has 1 aliphatic heterocycles. The van der Waals surface area contributed by atoms with E-state index in [1.165, 1.54) is 11.1 Å². The van der Waals surface area contributed by atoms with Gasteiger partial charge >= 0.3 is 0 Å². The lowest BCUT2D eigenvalue weighted by Gasteiger charge is -2.13. The van der Waals surface area contributed by atoms with E-state index in [1.807, 2.05) is 13.8 Å². The number of carbonyl (C=O) groups is 1. The maximum absolute atomic E-state index is 11.3. The summed E-state index contributed by atoms with van der Waals surface area (Å²) in [7, 11) is 0. The molecule has 108 valence electrons. The lowest BCUT2D eigenvalue weighted by molar-refractivity contribution is -0.119. The molecular weight excluding hydrogens is 262 g/mol. The number of phenolic OH excluding ortho intramolecular Hbond substituents is 1. The van der Waals surface area contributed by atoms with Crippen LogP contribution in [-0.4, -0.2) is 17.6 Å². The Kier molecular flexibility index (Phi) is 3.42. The number of hydrogen-bond acceptors (Lipinski definition) is 2. The van der Waals surface area contributed by atoms with Crippen molar-refractivity contribution in [2.45, 2.75) is 26.2 Å². The monoisotopic (exact) mass is 281 g/mol. The van der Waals surface area contributed by atoms with Crippen LogP contribution in [0, 0.1) is 13.8 Å². The molecule has 21 heavy (non-hydrogen) atoms. The Morgan fingerprint density at radius 2 is 1.71 bits per heavy atom. The summed E-state index contributed by atoms with van der Waals surface area (Å²) in [6.07, 6.45) is 0.580. The van der Waals surface area contributed by atoms with Gasteiger partial charge in [0.25, 0.3) is 0 Å². The molecule has 3 rings (SSSR count). The fraction of sp³-hybridized carbons (Fsp3) is 0.278. The first-order chi connectivity index (χ1) is 10.0. The smallest absolute Gasteiger partial charge is 0.220 e. The van der Waals surface area contributed by atoms with Crippen molar-refractivity contribution >= 4 is 5.91 Å². The number of carbonyl (C=O) groups excluding carboxylic acids is 1. The zero-order chi connectivity index (χ0) is 15.0. The quantitative estimate of drug-likeness (QED) is 0.887. The first kappa shape index (κ1) is 13.7. The Bertz CT molecular complexity index is 666. The zero-order valence-electron chi connectivity index (χ0n) is 12.3. The molecule has 2 N–H and O–H groups in total. The van der Waals surface area contributed by atoms with Crippen molar-refractivity contribution in [3.05, 3.63) is 53.1 Å². The summed E-state index contributed by atoms with van der Waals surface area (Å²) in [5.41, 5.74) is 5.65. The van der Waals surface area contributed by atoms with Gasteiger partial charge in [-0.05, 0) is 53.8 Å². The summed E-state index contributed by atoms with van der Waals surface area (Å²) >= 11 is 0. The van der Waals surface area contributed by atoms with Crippen LogP contribution in [-0.2, 0) is 4.79 Å². The van der Waals surface area contributed by atoms with Crippen molar-refractivity contribution in [3.8, 4) is 16.9 Å². The van der Waals surface area contributed by atoms with Crippen LogP contribution in [0.5, 0.6) is 5.75 Å². The third-order valence-corrected chi connectivity index (χ3v) is 4.17. The highest BCUT2D eigenvalue weighted by molar-refractivity contribution is 5.79. The van der Waals surface area contributed by atoms with Crippen LogP contribution in [0.1, 0.15) is 29.0 Å². The summed E-state index contributed by atoms with van der Waals surface area (Å²) in [6.45, 7) is 4.75. The topological polar surface area (TPSA) is 49.3 Å². The Morgan fingerprint density at radius 1 is 1.10 bits per heavy atom. The highest BCUT2D eigenvalue weighted by atomic mass is 16.3. The minimum atomic E-state index is 0.134. The standard InChI is InChI=1S/C18H19NO2/c1-11-7-16(20)8-12(2)18(11)14-5-3-13(4-6-14)15-9-17(21)19-10-15/h3-8,15,20H,9-10H2,1-2H3,(H,19,21). The van der Waals surface area contributed by atoms with Gasteiger partial charge in [0.1, 0.15) is 5.75 Å². The summed E-state index contributed by atoms with van der Waals surface area (Å²) in [6, 6.07) is 12.0. The molecule has 1 fully saturated rings. The van der Waals surface area contributed by atoms with E-state index in [4.69, 9.17) is 0 Å². The molecular formula is C18H19NO2. The number of nitrogens with one attached hydrogen (secondary N) is 1. The molecule has 1 saturated heterocycles. The second kappa shape index (κ2) is 5.24. The van der Waals surface area contributed by atoms with Crippen LogP contribution in [0.2, 0.25) is 0 Å². The Labute approximate surface area is 124 Å². The van der Waals surface area contributed by atoms with E-state index in [1.54, 1.807) is 12.1 Å². The fourth-order valence-electron chi connectivity index (χ4n) is 3.16. The third-order valence-electron chi connectivity index (χ3n) is 4.17. The molecule has 1 aliphatic rings. The van der Waals surface area contributed by atoms with Crippen molar-refractivity contribution in [3.63, 3.8) is 0 Å². The van der Waals surface area contributed by atoms with Gasteiger partial charge in [0.15, 0.2) is 0 Å². The number of hydrogen-bond donors (Lipinski definition) is 2. The third kappa shape index (κ3) is 2.64. The first-order valence-electron chi connectivity index (χ1n) is 7.22. The molecule has 3 heteroatoms. The van der Waals surface area contributed by atoms with Crippen LogP contribution in [0.4, 0.5) is 0 Å². The maximum atomic E-state index is 11.3. The number of aryl methyl sites for hydroxylation is 2. The van der Waals surface area contributed by atoms with E-state index in [9.17, 15) is 9.90 Å². The molecule has 1 atom stereocenters. The SMILES string of the molecule is Cc1cc(O)cc(C)c1-c1ccc(C2CNC(=O)C2)cc1. The number of aromatic hydroxyl groups is 1. The Balaban J connectivity index is 1.93. The van der Waals surface area contributed by atoms with Gasteiger partial charge in [-0.2, -0.15) is 0 Å². The number of rotatable bonds is 2. The van der Waals surface area contributed by atoms with E-state index in [0.29, 0.717) is 12.2 Å². The molecule has 1 amide bonds. The van der Waals surface area contributed by atoms with Gasteiger partial charge in [0.05, 0.1) is 0 Å². The molecule has 0 saturated carbocycles. The van der Waals surface area contributed by atoms with Gasteiger partial charge in [-0.15, -0.1) is 0 Å². The first-order valence-corrected chi connectivity index (χ1v) is 7.22. The van der Waals surface area contributed by atoms with Crippen molar-refractivity contribution < 1.29 is 9.90 Å². The van der Waals surface area contributed by atoms with Gasteiger partial charge in [-0.3, -0.25) is 4.79 Å². The number of benzene rings is 2. The summed E-state index contributed by atoms with van der Waals surface area (Å²) in [5.74, 6) is 0.726. The van der Waals surface area contributed by atoms with Gasteiger partial charge in [-0.25, -0.2) is 0 Å². The summed E-state index contributed by atoms with van der Waals surface area (Å²) in [5, 5.41) is 12.5. The van der Waals surface area contributed by atoms with Crippen LogP contribution in [0.3, 0.4) is 0 Å². The van der Waals surface area contributed by atoms with Crippen molar-refractivity contribution in [1.29, 1.82) is 0 Å². The minimum absolute atomic E-state index is 0.134. The van der Waals surface area contributed by atoms with Gasteiger partial charge in [0.2, 0.25) is 5.91 Å². The molecule has 3 nitrogen and oxygen atoms in total. The van der Waals surface area contributed by atoms with Crippen LogP contribution in [0.15, 0.2) is 36.4 Å². The Morgan fingerprint density at radius 3 is 2.24 bits per heavy atom. The molecule has 0 radical (unpaired) electrons. The predicted molar refractivity (Wildman–Crippen MR) is 83.4 cm³/mol. The van der Waals surface area contributed by atoms with Crippen LogP contribution >= 0.6 is 0 Å². The van der Waals surface area contributed by atoms with E-state index in [2.05, 4.69) is 29.6 Å². The Hall–Kier alpha value is -2.29. The largest absolute Gasteiger partial charge is 0.508 e. The van der Waals surface area contributed by atoms with Gasteiger partial charge in [-0.1, -0.05) is 24.3 Å². The summed E-state index contributed by atoms with van der Waals surface area (Å²) < 4.78 is 0. The van der Waals surface area contributed by atoms with Crippen molar-refractivity contribution in [2.24, 2.45) is 0 Å². The molecule has 0 aliphatic carbocycles. The fourth-order valence-corrected chi connectivity index (χ4v) is 3.16. The maximum Gasteiger partial charge on any atom is 0.220 e. The highest BCUT2D eigenvalue weighted by Crippen LogP contribution is 2.32. The van der Waals surface area contributed by atoms with E-state index >= 15 is 0 Å². The molecule has 1 unspecified atom stereocenters. The number of phenols is 1. The molecule has 2 aromatic carbocycles. The second-order valence-electron chi connectivity index (χ2n) is 5.78. The predicted octanol–water partition coefficient (Wildman–Crippen LogP) is 3.28. The van der Waals surface area contributed by atoms with E-state index in [0.717, 1.165) is 23.2 Å². The van der Waals surface area contributed by atoms with Gasteiger partial charge < -0.3 is 10.4 Å². The van der Waals surface area contributed by atoms with Crippen molar-refractivity contribution in [1.82, 2.24) is 5.32 Å². The minimum Gasteiger partial charge on any atom is -0.508 e. The summed E-state index contributed by atoms with van der Waals surface area (Å²) in [4.78, 5) is 11.3. The molecule has 1 heterocycles. The molecule has 0 spiro atoms. The van der Waals surface area contributed by atoms with Gasteiger partial charge in [0, 0.05) is 18.9 Å². The van der Waals surface area contributed by atoms with Crippen LogP contribution in [0.25, 0.3) is 11.1 Å². The van der Waals surface area contributed by atoms with Crippen molar-refractivity contribution in [2.75, 3.05) is 6.54 Å². The van der Waals surface area contributed by atoms with Crippen LogP contribution < -0.4 is 5.32 Å². The van der Waals surface area contributed by atoms with E-state index < -0.39 is 0 Å². The average molecular weight is 281 g/mol. The molecule has 2 aromatic rings. The molecule has 0 bridgehead atoms. The zero-order valence-corrected chi connectivity index (χ0v) is 12.3.